The van der Waals surface area contributed by atoms with Crippen LogP contribution < -0.4 is 10.6 Å². The number of benzene rings is 1. The van der Waals surface area contributed by atoms with Crippen LogP contribution in [0.5, 0.6) is 0 Å². The normalized spacial score (nSPS) is 21.4. The zero-order valence-electron chi connectivity index (χ0n) is 18.2. The molecule has 0 bridgehead atoms. The summed E-state index contributed by atoms with van der Waals surface area (Å²) in [5.41, 5.74) is 2.83. The predicted octanol–water partition coefficient (Wildman–Crippen LogP) is 2.71. The van der Waals surface area contributed by atoms with Gasteiger partial charge >= 0.3 is 0 Å². The van der Waals surface area contributed by atoms with Crippen LogP contribution in [0.25, 0.3) is 0 Å². The van der Waals surface area contributed by atoms with Gasteiger partial charge in [-0.15, -0.1) is 0 Å². The summed E-state index contributed by atoms with van der Waals surface area (Å²) in [5.74, 6) is 0.908. The first kappa shape index (κ1) is 22.1. The molecule has 1 atom stereocenters. The number of rotatable bonds is 9. The molecule has 2 aliphatic heterocycles. The van der Waals surface area contributed by atoms with Crippen molar-refractivity contribution < 1.29 is 9.47 Å². The van der Waals surface area contributed by atoms with Crippen LogP contribution in [0.4, 0.5) is 0 Å². The van der Waals surface area contributed by atoms with E-state index in [4.69, 9.17) is 9.47 Å². The lowest BCUT2D eigenvalue weighted by molar-refractivity contribution is 0.0200. The SMILES string of the molecule is CCNC(=NCCOCC1CCCO1)NC1CCN(Cc2ccccc2C)CC1. The Balaban J connectivity index is 1.36. The molecule has 6 nitrogen and oxygen atoms in total. The Morgan fingerprint density at radius 1 is 1.24 bits per heavy atom. The van der Waals surface area contributed by atoms with Crippen molar-refractivity contribution in [1.29, 1.82) is 0 Å². The van der Waals surface area contributed by atoms with Crippen LogP contribution in [0.15, 0.2) is 29.3 Å². The fourth-order valence-electron chi connectivity index (χ4n) is 3.99. The summed E-state index contributed by atoms with van der Waals surface area (Å²) in [6.07, 6.45) is 4.85. The van der Waals surface area contributed by atoms with Crippen LogP contribution in [0.1, 0.15) is 43.7 Å². The number of hydrogen-bond donors (Lipinski definition) is 2. The lowest BCUT2D eigenvalue weighted by Crippen LogP contribution is -2.48. The van der Waals surface area contributed by atoms with Gasteiger partial charge in [0.1, 0.15) is 0 Å². The van der Waals surface area contributed by atoms with Crippen LogP contribution in [0.2, 0.25) is 0 Å². The molecule has 6 heteroatoms. The number of aryl methyl sites for hydroxylation is 1. The van der Waals surface area contributed by atoms with Crippen LogP contribution in [0.3, 0.4) is 0 Å². The van der Waals surface area contributed by atoms with Gasteiger partial charge in [-0.1, -0.05) is 24.3 Å². The highest BCUT2D eigenvalue weighted by molar-refractivity contribution is 5.80. The van der Waals surface area contributed by atoms with Crippen molar-refractivity contribution >= 4 is 5.96 Å². The molecule has 2 N–H and O–H groups in total. The highest BCUT2D eigenvalue weighted by atomic mass is 16.5. The first-order valence-corrected chi connectivity index (χ1v) is 11.3. The van der Waals surface area contributed by atoms with E-state index in [1.165, 1.54) is 11.1 Å². The third-order valence-electron chi connectivity index (χ3n) is 5.76. The average molecular weight is 403 g/mol. The van der Waals surface area contributed by atoms with Gasteiger partial charge in [0.05, 0.1) is 25.9 Å². The second kappa shape index (κ2) is 12.2. The number of piperidine rings is 1. The van der Waals surface area contributed by atoms with Gasteiger partial charge in [0.15, 0.2) is 5.96 Å². The van der Waals surface area contributed by atoms with Crippen molar-refractivity contribution in [3.05, 3.63) is 35.4 Å². The molecule has 0 saturated carbocycles. The molecule has 1 aromatic carbocycles. The molecule has 0 radical (unpaired) electrons. The minimum atomic E-state index is 0.287. The summed E-state index contributed by atoms with van der Waals surface area (Å²) < 4.78 is 11.3. The summed E-state index contributed by atoms with van der Waals surface area (Å²) in [4.78, 5) is 7.24. The highest BCUT2D eigenvalue weighted by Gasteiger charge is 2.20. The molecule has 2 heterocycles. The number of likely N-dealkylation sites (tertiary alicyclic amines) is 1. The zero-order valence-corrected chi connectivity index (χ0v) is 18.2. The highest BCUT2D eigenvalue weighted by Crippen LogP contribution is 2.16. The Morgan fingerprint density at radius 3 is 2.79 bits per heavy atom. The number of nitrogens with zero attached hydrogens (tertiary/aromatic N) is 2. The fourth-order valence-corrected chi connectivity index (χ4v) is 3.99. The minimum Gasteiger partial charge on any atom is -0.377 e. The summed E-state index contributed by atoms with van der Waals surface area (Å²) in [6.45, 7) is 11.4. The second-order valence-electron chi connectivity index (χ2n) is 8.09. The molecule has 0 spiro atoms. The molecule has 162 valence electrons. The molecule has 2 aliphatic rings. The van der Waals surface area contributed by atoms with Crippen molar-refractivity contribution in [1.82, 2.24) is 15.5 Å². The summed E-state index contributed by atoms with van der Waals surface area (Å²) in [5, 5.41) is 6.98. The fraction of sp³-hybridized carbons (Fsp3) is 0.696. The van der Waals surface area contributed by atoms with Gasteiger partial charge in [-0.05, 0) is 50.7 Å². The van der Waals surface area contributed by atoms with Crippen LogP contribution in [-0.4, -0.2) is 69.0 Å². The molecule has 0 aromatic heterocycles. The summed E-state index contributed by atoms with van der Waals surface area (Å²) in [6, 6.07) is 9.18. The Hall–Kier alpha value is -1.63. The average Bonchev–Trinajstić information content (AvgIpc) is 3.24. The monoisotopic (exact) mass is 402 g/mol. The van der Waals surface area contributed by atoms with Gasteiger partial charge in [0.2, 0.25) is 0 Å². The van der Waals surface area contributed by atoms with Gasteiger partial charge in [-0.2, -0.15) is 0 Å². The van der Waals surface area contributed by atoms with Gasteiger partial charge < -0.3 is 20.1 Å². The quantitative estimate of drug-likeness (QED) is 0.378. The van der Waals surface area contributed by atoms with Crippen molar-refractivity contribution in [2.24, 2.45) is 4.99 Å². The van der Waals surface area contributed by atoms with Gasteiger partial charge in [0, 0.05) is 38.8 Å². The van der Waals surface area contributed by atoms with Gasteiger partial charge in [-0.25, -0.2) is 0 Å². The van der Waals surface area contributed by atoms with Crippen molar-refractivity contribution in [2.75, 3.05) is 46.0 Å². The Kier molecular flexibility index (Phi) is 9.25. The first-order chi connectivity index (χ1) is 14.2. The lowest BCUT2D eigenvalue weighted by Gasteiger charge is -2.33. The van der Waals surface area contributed by atoms with E-state index in [1.807, 2.05) is 0 Å². The van der Waals surface area contributed by atoms with E-state index in [2.05, 4.69) is 58.6 Å². The smallest absolute Gasteiger partial charge is 0.191 e. The maximum absolute atomic E-state index is 5.72. The summed E-state index contributed by atoms with van der Waals surface area (Å²) >= 11 is 0. The first-order valence-electron chi connectivity index (χ1n) is 11.3. The molecule has 2 fully saturated rings. The Bertz CT molecular complexity index is 623. The van der Waals surface area contributed by atoms with Gasteiger partial charge in [0.25, 0.3) is 0 Å². The number of nitrogens with one attached hydrogen (secondary N) is 2. The molecule has 29 heavy (non-hydrogen) atoms. The van der Waals surface area contributed by atoms with Crippen LogP contribution >= 0.6 is 0 Å². The Labute approximate surface area is 176 Å². The van der Waals surface area contributed by atoms with Crippen molar-refractivity contribution in [2.45, 2.75) is 58.2 Å². The second-order valence-corrected chi connectivity index (χ2v) is 8.09. The molecular formula is C23H38N4O2. The number of hydrogen-bond acceptors (Lipinski definition) is 4. The zero-order chi connectivity index (χ0) is 20.3. The van der Waals surface area contributed by atoms with Crippen molar-refractivity contribution in [3.8, 4) is 0 Å². The molecule has 0 amide bonds. The number of ether oxygens (including phenoxy) is 2. The minimum absolute atomic E-state index is 0.287. The third kappa shape index (κ3) is 7.61. The molecular weight excluding hydrogens is 364 g/mol. The van der Waals surface area contributed by atoms with E-state index in [0.717, 1.165) is 64.4 Å². The predicted molar refractivity (Wildman–Crippen MR) is 118 cm³/mol. The van der Waals surface area contributed by atoms with Gasteiger partial charge in [-0.3, -0.25) is 9.89 Å². The van der Waals surface area contributed by atoms with E-state index in [1.54, 1.807) is 0 Å². The summed E-state index contributed by atoms with van der Waals surface area (Å²) in [7, 11) is 0. The lowest BCUT2D eigenvalue weighted by atomic mass is 10.0. The van der Waals surface area contributed by atoms with E-state index in [-0.39, 0.29) is 6.10 Å². The maximum atomic E-state index is 5.72. The molecule has 2 saturated heterocycles. The topological polar surface area (TPSA) is 58.1 Å². The van der Waals surface area contributed by atoms with Crippen LogP contribution in [0, 0.1) is 6.92 Å². The molecule has 0 aliphatic carbocycles. The van der Waals surface area contributed by atoms with E-state index in [0.29, 0.717) is 25.8 Å². The largest absolute Gasteiger partial charge is 0.377 e. The van der Waals surface area contributed by atoms with E-state index >= 15 is 0 Å². The van der Waals surface area contributed by atoms with Crippen LogP contribution in [-0.2, 0) is 16.0 Å². The standard InChI is InChI=1S/C23H38N4O2/c1-3-24-23(25-12-16-28-18-22-9-6-15-29-22)26-21-10-13-27(14-11-21)17-20-8-5-4-7-19(20)2/h4-5,7-8,21-22H,3,6,9-18H2,1-2H3,(H2,24,25,26). The number of aliphatic imine (C=N–C) groups is 1. The maximum Gasteiger partial charge on any atom is 0.191 e. The molecule has 1 unspecified atom stereocenters. The number of guanidine groups is 1. The van der Waals surface area contributed by atoms with Crippen molar-refractivity contribution in [3.63, 3.8) is 0 Å². The third-order valence-corrected chi connectivity index (χ3v) is 5.76. The molecule has 1 aromatic rings. The Morgan fingerprint density at radius 2 is 2.07 bits per heavy atom. The van der Waals surface area contributed by atoms with E-state index < -0.39 is 0 Å². The van der Waals surface area contributed by atoms with E-state index in [9.17, 15) is 0 Å². The molecule has 3 rings (SSSR count).